The van der Waals surface area contributed by atoms with Crippen LogP contribution in [0.4, 0.5) is 8.78 Å². The average Bonchev–Trinajstić information content (AvgIpc) is 2.36. The van der Waals surface area contributed by atoms with Gasteiger partial charge in [-0.15, -0.1) is 0 Å². The van der Waals surface area contributed by atoms with E-state index in [1.54, 1.807) is 0 Å². The van der Waals surface area contributed by atoms with Gasteiger partial charge in [0.1, 0.15) is 6.04 Å². The second-order valence-electron chi connectivity index (χ2n) is 4.18. The van der Waals surface area contributed by atoms with Crippen LogP contribution in [0.5, 0.6) is 0 Å². The Morgan fingerprint density at radius 3 is 2.50 bits per heavy atom. The maximum absolute atomic E-state index is 12.2. The third-order valence-electron chi connectivity index (χ3n) is 2.63. The van der Waals surface area contributed by atoms with Crippen LogP contribution in [0.2, 0.25) is 0 Å². The number of rotatable bonds is 7. The maximum Gasteiger partial charge on any atom is 0.326 e. The first kappa shape index (κ1) is 16.6. The van der Waals surface area contributed by atoms with Gasteiger partial charge >= 0.3 is 5.97 Å². The molecule has 0 saturated heterocycles. The highest BCUT2D eigenvalue weighted by molar-refractivity contribution is 9.10. The third-order valence-corrected chi connectivity index (χ3v) is 3.40. The van der Waals surface area contributed by atoms with E-state index in [4.69, 9.17) is 5.11 Å². The van der Waals surface area contributed by atoms with E-state index in [0.717, 1.165) is 10.0 Å². The van der Waals surface area contributed by atoms with E-state index in [2.05, 4.69) is 21.2 Å². The Balaban J connectivity index is 2.50. The van der Waals surface area contributed by atoms with Crippen molar-refractivity contribution in [3.05, 3.63) is 34.3 Å². The second-order valence-corrected chi connectivity index (χ2v) is 5.03. The molecule has 2 N–H and O–H groups in total. The lowest BCUT2D eigenvalue weighted by atomic mass is 10.1. The predicted molar refractivity (Wildman–Crippen MR) is 72.7 cm³/mol. The molecule has 7 heteroatoms. The minimum atomic E-state index is -2.78. The number of benzene rings is 1. The van der Waals surface area contributed by atoms with Crippen LogP contribution in [0.3, 0.4) is 0 Å². The normalized spacial score (nSPS) is 12.2. The molecule has 1 unspecified atom stereocenters. The number of aryl methyl sites for hydroxylation is 1. The number of hydrogen-bond donors (Lipinski definition) is 2. The van der Waals surface area contributed by atoms with Crippen LogP contribution in [0, 0.1) is 0 Å². The molecule has 0 saturated carbocycles. The molecular formula is C13H14BrF2NO3. The second kappa shape index (κ2) is 7.94. The lowest BCUT2D eigenvalue weighted by Gasteiger charge is -2.14. The van der Waals surface area contributed by atoms with Crippen molar-refractivity contribution >= 4 is 27.8 Å². The number of nitrogens with one attached hydrogen (secondary N) is 1. The fraction of sp³-hybridized carbons (Fsp3) is 0.385. The first-order chi connectivity index (χ1) is 9.40. The molecule has 0 heterocycles. The zero-order chi connectivity index (χ0) is 15.1. The summed E-state index contributed by atoms with van der Waals surface area (Å²) in [6.45, 7) is 0. The molecule has 1 aromatic rings. The Morgan fingerprint density at radius 2 is 1.95 bits per heavy atom. The predicted octanol–water partition coefficient (Wildman–Crippen LogP) is 2.61. The number of halogens is 3. The molecule has 0 spiro atoms. The number of carboxylic acid groups (broad SMARTS) is 1. The van der Waals surface area contributed by atoms with Gasteiger partial charge in [-0.05, 0) is 18.1 Å². The number of amides is 1. The Kier molecular flexibility index (Phi) is 6.57. The summed E-state index contributed by atoms with van der Waals surface area (Å²) in [4.78, 5) is 22.3. The van der Waals surface area contributed by atoms with Gasteiger partial charge in [0, 0.05) is 17.3 Å². The van der Waals surface area contributed by atoms with Crippen LogP contribution in [-0.2, 0) is 16.0 Å². The van der Waals surface area contributed by atoms with Crippen LogP contribution in [0.1, 0.15) is 18.4 Å². The van der Waals surface area contributed by atoms with Crippen LogP contribution >= 0.6 is 15.9 Å². The minimum absolute atomic E-state index is 0.0373. The largest absolute Gasteiger partial charge is 0.480 e. The lowest BCUT2D eigenvalue weighted by Crippen LogP contribution is -2.42. The number of carbonyl (C=O) groups is 2. The molecule has 0 aliphatic carbocycles. The summed E-state index contributed by atoms with van der Waals surface area (Å²) in [5, 5.41) is 10.8. The number of alkyl halides is 2. The van der Waals surface area contributed by atoms with Gasteiger partial charge in [-0.1, -0.05) is 34.1 Å². The SMILES string of the molecule is O=C(CCc1ccccc1Br)NC(CC(F)F)C(=O)O. The summed E-state index contributed by atoms with van der Waals surface area (Å²) in [6, 6.07) is 5.74. The van der Waals surface area contributed by atoms with E-state index >= 15 is 0 Å². The molecule has 0 aliphatic rings. The van der Waals surface area contributed by atoms with E-state index in [1.165, 1.54) is 0 Å². The van der Waals surface area contributed by atoms with Gasteiger partial charge in [-0.2, -0.15) is 0 Å². The highest BCUT2D eigenvalue weighted by atomic mass is 79.9. The van der Waals surface area contributed by atoms with Gasteiger partial charge in [0.15, 0.2) is 0 Å². The van der Waals surface area contributed by atoms with Crippen molar-refractivity contribution in [1.29, 1.82) is 0 Å². The third kappa shape index (κ3) is 5.64. The van der Waals surface area contributed by atoms with Gasteiger partial charge in [0.05, 0.1) is 0 Å². The topological polar surface area (TPSA) is 66.4 Å². The lowest BCUT2D eigenvalue weighted by molar-refractivity contribution is -0.143. The number of aliphatic carboxylic acids is 1. The Bertz CT molecular complexity index is 482. The summed E-state index contributed by atoms with van der Waals surface area (Å²) in [5.74, 6) is -2.02. The van der Waals surface area contributed by atoms with E-state index in [9.17, 15) is 18.4 Å². The van der Waals surface area contributed by atoms with Crippen molar-refractivity contribution in [2.24, 2.45) is 0 Å². The highest BCUT2D eigenvalue weighted by Crippen LogP contribution is 2.17. The molecule has 0 aromatic heterocycles. The van der Waals surface area contributed by atoms with Gasteiger partial charge in [-0.25, -0.2) is 13.6 Å². The van der Waals surface area contributed by atoms with Gasteiger partial charge < -0.3 is 10.4 Å². The standard InChI is InChI=1S/C13H14BrF2NO3/c14-9-4-2-1-3-8(9)5-6-12(18)17-10(13(19)20)7-11(15)16/h1-4,10-11H,5-7H2,(H,17,18)(H,19,20). The van der Waals surface area contributed by atoms with E-state index < -0.39 is 30.8 Å². The van der Waals surface area contributed by atoms with Crippen LogP contribution in [0.15, 0.2) is 28.7 Å². The van der Waals surface area contributed by atoms with Gasteiger partial charge in [0.2, 0.25) is 12.3 Å². The summed E-state index contributed by atoms with van der Waals surface area (Å²) < 4.78 is 25.2. The summed E-state index contributed by atoms with van der Waals surface area (Å²) in [6.07, 6.45) is -3.24. The van der Waals surface area contributed by atoms with Crippen LogP contribution < -0.4 is 5.32 Å². The van der Waals surface area contributed by atoms with Gasteiger partial charge in [0.25, 0.3) is 0 Å². The molecule has 110 valence electrons. The maximum atomic E-state index is 12.2. The molecule has 0 aliphatic heterocycles. The molecular weight excluding hydrogens is 336 g/mol. The van der Waals surface area contributed by atoms with E-state index in [1.807, 2.05) is 24.3 Å². The zero-order valence-corrected chi connectivity index (χ0v) is 12.1. The van der Waals surface area contributed by atoms with Crippen molar-refractivity contribution in [3.63, 3.8) is 0 Å². The van der Waals surface area contributed by atoms with E-state index in [-0.39, 0.29) is 6.42 Å². The summed E-state index contributed by atoms with van der Waals surface area (Å²) in [7, 11) is 0. The minimum Gasteiger partial charge on any atom is -0.480 e. The van der Waals surface area contributed by atoms with Crippen molar-refractivity contribution in [2.45, 2.75) is 31.7 Å². The highest BCUT2D eigenvalue weighted by Gasteiger charge is 2.23. The number of carbonyl (C=O) groups excluding carboxylic acids is 1. The fourth-order valence-corrected chi connectivity index (χ4v) is 2.10. The first-order valence-corrected chi connectivity index (χ1v) is 6.73. The molecule has 1 atom stereocenters. The van der Waals surface area contributed by atoms with Crippen LogP contribution in [0.25, 0.3) is 0 Å². The monoisotopic (exact) mass is 349 g/mol. The molecule has 1 amide bonds. The van der Waals surface area contributed by atoms with Crippen molar-refractivity contribution in [3.8, 4) is 0 Å². The number of hydrogen-bond acceptors (Lipinski definition) is 2. The molecule has 4 nitrogen and oxygen atoms in total. The fourth-order valence-electron chi connectivity index (χ4n) is 1.62. The molecule has 1 rings (SSSR count). The summed E-state index contributed by atoms with van der Waals surface area (Å²) >= 11 is 3.33. The Morgan fingerprint density at radius 1 is 1.30 bits per heavy atom. The van der Waals surface area contributed by atoms with Gasteiger partial charge in [-0.3, -0.25) is 4.79 Å². The van der Waals surface area contributed by atoms with Crippen molar-refractivity contribution < 1.29 is 23.5 Å². The van der Waals surface area contributed by atoms with Crippen LogP contribution in [-0.4, -0.2) is 29.5 Å². The zero-order valence-electron chi connectivity index (χ0n) is 10.5. The average molecular weight is 350 g/mol. The molecule has 0 bridgehead atoms. The molecule has 20 heavy (non-hydrogen) atoms. The quantitative estimate of drug-likeness (QED) is 0.795. The smallest absolute Gasteiger partial charge is 0.326 e. The molecule has 0 radical (unpaired) electrons. The van der Waals surface area contributed by atoms with Crippen molar-refractivity contribution in [2.75, 3.05) is 0 Å². The van der Waals surface area contributed by atoms with E-state index in [0.29, 0.717) is 6.42 Å². The summed E-state index contributed by atoms with van der Waals surface area (Å²) in [5.41, 5.74) is 0.892. The Hall–Kier alpha value is -1.50. The molecule has 1 aromatic carbocycles. The number of carboxylic acids is 1. The molecule has 0 fully saturated rings. The van der Waals surface area contributed by atoms with Crippen molar-refractivity contribution in [1.82, 2.24) is 5.32 Å². The first-order valence-electron chi connectivity index (χ1n) is 5.94. The Labute approximate surface area is 123 Å².